The summed E-state index contributed by atoms with van der Waals surface area (Å²) in [5, 5.41) is 34.1. The molecule has 2 aromatic heterocycles. The summed E-state index contributed by atoms with van der Waals surface area (Å²) in [7, 11) is 0. The normalized spacial score (nSPS) is 10.7. The van der Waals surface area contributed by atoms with Gasteiger partial charge in [0.25, 0.3) is 5.91 Å². The third kappa shape index (κ3) is 4.25. The number of carbonyl (C=O) groups excluding carboxylic acids is 1. The molecule has 0 saturated carbocycles. The molecule has 4 rings (SSSR count). The Labute approximate surface area is 181 Å². The lowest BCUT2D eigenvalue weighted by Crippen LogP contribution is -2.28. The van der Waals surface area contributed by atoms with Crippen LogP contribution in [0.25, 0.3) is 11.0 Å². The minimum atomic E-state index is -0.607. The van der Waals surface area contributed by atoms with Crippen molar-refractivity contribution < 1.29 is 19.4 Å². The van der Waals surface area contributed by atoms with E-state index in [1.165, 1.54) is 24.5 Å². The number of nitrogens with one attached hydrogen (secondary N) is 2. The molecule has 0 bridgehead atoms. The minimum absolute atomic E-state index is 0.00180. The first kappa shape index (κ1) is 20.9. The third-order valence-electron chi connectivity index (χ3n) is 4.81. The van der Waals surface area contributed by atoms with Crippen LogP contribution in [0, 0.1) is 10.1 Å². The first-order valence-electron chi connectivity index (χ1n) is 9.60. The van der Waals surface area contributed by atoms with Crippen LogP contribution in [0.3, 0.4) is 0 Å². The Morgan fingerprint density at radius 3 is 2.78 bits per heavy atom. The fourth-order valence-electron chi connectivity index (χ4n) is 3.17. The molecule has 0 radical (unpaired) electrons. The van der Waals surface area contributed by atoms with Crippen LogP contribution in [0.5, 0.6) is 0 Å². The average Bonchev–Trinajstić information content (AvgIpc) is 3.28. The molecule has 0 aliphatic heterocycles. The van der Waals surface area contributed by atoms with Crippen LogP contribution in [0.2, 0.25) is 6.82 Å². The van der Waals surface area contributed by atoms with Gasteiger partial charge in [-0.15, -0.1) is 0 Å². The molecular formula is C20H17BN6O5. The number of nitrogens with zero attached hydrogens (tertiary/aromatic N) is 4. The fourth-order valence-corrected chi connectivity index (χ4v) is 3.17. The maximum absolute atomic E-state index is 12.8. The molecule has 0 atom stereocenters. The van der Waals surface area contributed by atoms with Crippen LogP contribution in [-0.4, -0.2) is 38.1 Å². The van der Waals surface area contributed by atoms with E-state index < -0.39 is 11.8 Å². The fraction of sp³-hybridized carbons (Fsp3) is 0.100. The molecule has 3 N–H and O–H groups in total. The zero-order chi connectivity index (χ0) is 22.7. The van der Waals surface area contributed by atoms with E-state index in [1.54, 1.807) is 12.9 Å². The number of carbonyl (C=O) groups is 1. The van der Waals surface area contributed by atoms with Gasteiger partial charge in [-0.05, 0) is 33.5 Å². The Morgan fingerprint density at radius 2 is 2.00 bits per heavy atom. The summed E-state index contributed by atoms with van der Waals surface area (Å²) in [6.45, 7) is 1.32. The number of non-ortho nitro benzene ring substituents is 1. The molecule has 0 fully saturated rings. The third-order valence-corrected chi connectivity index (χ3v) is 4.81. The number of benzene rings is 2. The Kier molecular flexibility index (Phi) is 5.77. The van der Waals surface area contributed by atoms with Gasteiger partial charge in [0.1, 0.15) is 0 Å². The molecule has 0 spiro atoms. The van der Waals surface area contributed by atoms with Crippen molar-refractivity contribution in [1.29, 1.82) is 0 Å². The van der Waals surface area contributed by atoms with E-state index >= 15 is 0 Å². The van der Waals surface area contributed by atoms with Gasteiger partial charge in [-0.2, -0.15) is 0 Å². The summed E-state index contributed by atoms with van der Waals surface area (Å²) < 4.78 is 4.67. The second kappa shape index (κ2) is 8.82. The number of hydrogen-bond acceptors (Lipinski definition) is 9. The number of fused-ring (bicyclic) bond motifs is 1. The number of amides is 1. The van der Waals surface area contributed by atoms with Crippen LogP contribution < -0.4 is 16.1 Å². The lowest BCUT2D eigenvalue weighted by molar-refractivity contribution is -0.383. The molecule has 160 valence electrons. The molecule has 0 aliphatic carbocycles. The van der Waals surface area contributed by atoms with E-state index in [1.807, 2.05) is 24.3 Å². The molecule has 2 heterocycles. The zero-order valence-electron chi connectivity index (χ0n) is 16.8. The van der Waals surface area contributed by atoms with Crippen LogP contribution in [-0.2, 0) is 6.54 Å². The van der Waals surface area contributed by atoms with Crippen LogP contribution in [0.15, 0.2) is 59.5 Å². The van der Waals surface area contributed by atoms with Crippen molar-refractivity contribution in [3.63, 3.8) is 0 Å². The minimum Gasteiger partial charge on any atom is -0.447 e. The van der Waals surface area contributed by atoms with Crippen molar-refractivity contribution in [2.75, 3.05) is 5.32 Å². The highest BCUT2D eigenvalue weighted by molar-refractivity contribution is 6.64. The quantitative estimate of drug-likeness (QED) is 0.226. The van der Waals surface area contributed by atoms with Gasteiger partial charge in [0.2, 0.25) is 5.52 Å². The van der Waals surface area contributed by atoms with E-state index in [2.05, 4.69) is 30.6 Å². The highest BCUT2D eigenvalue weighted by Gasteiger charge is 2.21. The number of rotatable bonds is 7. The largest absolute Gasteiger partial charge is 0.447 e. The molecule has 1 amide bonds. The Hall–Kier alpha value is -4.32. The highest BCUT2D eigenvalue weighted by Crippen LogP contribution is 2.31. The number of pyridine rings is 1. The Bertz CT molecular complexity index is 1310. The van der Waals surface area contributed by atoms with Gasteiger partial charge >= 0.3 is 12.6 Å². The smallest absolute Gasteiger partial charge is 0.320 e. The second-order valence-corrected chi connectivity index (χ2v) is 7.00. The summed E-state index contributed by atoms with van der Waals surface area (Å²) in [5.74, 6) is -0.375. The van der Waals surface area contributed by atoms with Gasteiger partial charge in [-0.3, -0.25) is 19.9 Å². The standard InChI is InChI=1S/C20H17BN6O5/c1-21(29)13-4-2-3-12(9-13)10-23-20(28)14-11-22-8-7-15(14)24-16-5-6-17(27(30)31)19-18(16)25-32-26-19/h2-9,11,29H,10H2,1H3,(H,22,24)(H,23,28). The SMILES string of the molecule is CB(O)c1cccc(CNC(=O)c2cnccc2Nc2ccc([N+](=O)[O-])c3nonc23)c1. The molecule has 0 unspecified atom stereocenters. The van der Waals surface area contributed by atoms with E-state index in [-0.39, 0.29) is 34.7 Å². The molecule has 32 heavy (non-hydrogen) atoms. The molecule has 2 aromatic carbocycles. The molecule has 0 saturated heterocycles. The van der Waals surface area contributed by atoms with Crippen LogP contribution in [0.4, 0.5) is 17.1 Å². The molecule has 0 aliphatic rings. The second-order valence-electron chi connectivity index (χ2n) is 7.00. The summed E-state index contributed by atoms with van der Waals surface area (Å²) in [5.41, 5.74) is 2.59. The number of nitro benzene ring substituents is 1. The van der Waals surface area contributed by atoms with Gasteiger partial charge in [-0.1, -0.05) is 31.1 Å². The van der Waals surface area contributed by atoms with Crippen LogP contribution >= 0.6 is 0 Å². The summed E-state index contributed by atoms with van der Waals surface area (Å²) in [4.78, 5) is 27.4. The molecule has 12 heteroatoms. The first-order valence-corrected chi connectivity index (χ1v) is 9.60. The van der Waals surface area contributed by atoms with Gasteiger partial charge < -0.3 is 15.7 Å². The van der Waals surface area contributed by atoms with E-state index in [4.69, 9.17) is 0 Å². The maximum atomic E-state index is 12.8. The number of hydrogen-bond donors (Lipinski definition) is 3. The Morgan fingerprint density at radius 1 is 1.19 bits per heavy atom. The van der Waals surface area contributed by atoms with E-state index in [9.17, 15) is 19.9 Å². The summed E-state index contributed by atoms with van der Waals surface area (Å²) in [6.07, 6.45) is 2.92. The van der Waals surface area contributed by atoms with Crippen molar-refractivity contribution in [3.05, 3.63) is 76.1 Å². The molecular weight excluding hydrogens is 415 g/mol. The lowest BCUT2D eigenvalue weighted by Gasteiger charge is -2.12. The van der Waals surface area contributed by atoms with Crippen molar-refractivity contribution in [2.45, 2.75) is 13.4 Å². The summed E-state index contributed by atoms with van der Waals surface area (Å²) >= 11 is 0. The predicted octanol–water partition coefficient (Wildman–Crippen LogP) is 2.02. The summed E-state index contributed by atoms with van der Waals surface area (Å²) in [6, 6.07) is 11.6. The number of aromatic nitrogens is 3. The molecule has 11 nitrogen and oxygen atoms in total. The zero-order valence-corrected chi connectivity index (χ0v) is 16.8. The average molecular weight is 432 g/mol. The monoisotopic (exact) mass is 432 g/mol. The highest BCUT2D eigenvalue weighted by atomic mass is 16.6. The van der Waals surface area contributed by atoms with Crippen molar-refractivity contribution in [1.82, 2.24) is 20.6 Å². The first-order chi connectivity index (χ1) is 15.4. The number of nitro groups is 1. The molecule has 4 aromatic rings. The van der Waals surface area contributed by atoms with E-state index in [0.29, 0.717) is 11.4 Å². The maximum Gasteiger partial charge on any atom is 0.320 e. The van der Waals surface area contributed by atoms with Gasteiger partial charge in [0.15, 0.2) is 5.52 Å². The Balaban J connectivity index is 1.56. The van der Waals surface area contributed by atoms with Gasteiger partial charge in [-0.25, -0.2) is 4.63 Å². The lowest BCUT2D eigenvalue weighted by atomic mass is 9.64. The van der Waals surface area contributed by atoms with Crippen LogP contribution in [0.1, 0.15) is 15.9 Å². The van der Waals surface area contributed by atoms with Gasteiger partial charge in [0, 0.05) is 25.0 Å². The van der Waals surface area contributed by atoms with Crippen molar-refractivity contribution >= 4 is 46.4 Å². The van der Waals surface area contributed by atoms with E-state index in [0.717, 1.165) is 11.0 Å². The van der Waals surface area contributed by atoms with Gasteiger partial charge in [0.05, 0.1) is 21.9 Å². The number of anilines is 2. The predicted molar refractivity (Wildman–Crippen MR) is 117 cm³/mol. The topological polar surface area (TPSA) is 156 Å². The van der Waals surface area contributed by atoms with Crippen molar-refractivity contribution in [2.24, 2.45) is 0 Å². The van der Waals surface area contributed by atoms with Crippen molar-refractivity contribution in [3.8, 4) is 0 Å².